The third-order valence-corrected chi connectivity index (χ3v) is 4.63. The fourth-order valence-electron chi connectivity index (χ4n) is 2.34. The SMILES string of the molecule is CCC(=O)N1CSCC1C(=O)Nc1ccc(C)c(C(F)(F)F)c1. The number of carbonyl (C=O) groups is 2. The molecule has 1 atom stereocenters. The quantitative estimate of drug-likeness (QED) is 0.914. The van der Waals surface area contributed by atoms with Gasteiger partial charge < -0.3 is 10.2 Å². The van der Waals surface area contributed by atoms with Gasteiger partial charge in [0, 0.05) is 17.9 Å². The fraction of sp³-hybridized carbons (Fsp3) is 0.467. The number of halogens is 3. The topological polar surface area (TPSA) is 49.4 Å². The standard InChI is InChI=1S/C15H17F3N2O2S/c1-3-13(21)20-8-23-7-12(20)14(22)19-10-5-4-9(2)11(6-10)15(16,17)18/h4-6,12H,3,7-8H2,1-2H3,(H,19,22). The molecular formula is C15H17F3N2O2S. The second-order valence-corrected chi connectivity index (χ2v) is 6.25. The lowest BCUT2D eigenvalue weighted by molar-refractivity contribution is -0.138. The maximum Gasteiger partial charge on any atom is 0.416 e. The maximum absolute atomic E-state index is 12.9. The molecule has 1 aliphatic heterocycles. The number of benzene rings is 1. The summed E-state index contributed by atoms with van der Waals surface area (Å²) in [5.41, 5.74) is -0.610. The number of rotatable bonds is 3. The molecule has 1 fully saturated rings. The molecule has 0 saturated carbocycles. The van der Waals surface area contributed by atoms with Crippen molar-refractivity contribution in [3.63, 3.8) is 0 Å². The summed E-state index contributed by atoms with van der Waals surface area (Å²) < 4.78 is 38.7. The summed E-state index contributed by atoms with van der Waals surface area (Å²) in [6.07, 6.45) is -4.19. The highest BCUT2D eigenvalue weighted by Gasteiger charge is 2.35. The van der Waals surface area contributed by atoms with E-state index >= 15 is 0 Å². The van der Waals surface area contributed by atoms with Gasteiger partial charge in [0.25, 0.3) is 0 Å². The minimum atomic E-state index is -4.47. The van der Waals surface area contributed by atoms with Gasteiger partial charge in [-0.25, -0.2) is 0 Å². The number of nitrogens with zero attached hydrogens (tertiary/aromatic N) is 1. The molecule has 4 nitrogen and oxygen atoms in total. The molecule has 23 heavy (non-hydrogen) atoms. The Labute approximate surface area is 136 Å². The van der Waals surface area contributed by atoms with Crippen LogP contribution in [0.3, 0.4) is 0 Å². The largest absolute Gasteiger partial charge is 0.416 e. The van der Waals surface area contributed by atoms with Gasteiger partial charge in [0.15, 0.2) is 0 Å². The number of carbonyl (C=O) groups excluding carboxylic acids is 2. The van der Waals surface area contributed by atoms with Gasteiger partial charge in [-0.1, -0.05) is 13.0 Å². The van der Waals surface area contributed by atoms with Crippen LogP contribution in [0.25, 0.3) is 0 Å². The normalized spacial score (nSPS) is 18.1. The first kappa shape index (κ1) is 17.7. The molecule has 0 bridgehead atoms. The van der Waals surface area contributed by atoms with Gasteiger partial charge >= 0.3 is 6.18 Å². The lowest BCUT2D eigenvalue weighted by Crippen LogP contribution is -2.44. The summed E-state index contributed by atoms with van der Waals surface area (Å²) in [5.74, 6) is 0.256. The van der Waals surface area contributed by atoms with E-state index in [0.717, 1.165) is 6.07 Å². The minimum Gasteiger partial charge on any atom is -0.324 e. The van der Waals surface area contributed by atoms with Crippen molar-refractivity contribution in [2.45, 2.75) is 32.5 Å². The molecule has 1 aliphatic rings. The van der Waals surface area contributed by atoms with Gasteiger partial charge in [0.1, 0.15) is 6.04 Å². The number of hydrogen-bond acceptors (Lipinski definition) is 3. The molecule has 1 aromatic rings. The zero-order valence-electron chi connectivity index (χ0n) is 12.7. The Hall–Kier alpha value is -1.70. The average molecular weight is 346 g/mol. The van der Waals surface area contributed by atoms with Crippen LogP contribution in [0.4, 0.5) is 18.9 Å². The van der Waals surface area contributed by atoms with Crippen molar-refractivity contribution in [2.75, 3.05) is 16.9 Å². The van der Waals surface area contributed by atoms with Crippen LogP contribution in [0, 0.1) is 6.92 Å². The number of anilines is 1. The van der Waals surface area contributed by atoms with Crippen molar-refractivity contribution in [1.82, 2.24) is 4.90 Å². The smallest absolute Gasteiger partial charge is 0.324 e. The molecule has 1 heterocycles. The maximum atomic E-state index is 12.9. The van der Waals surface area contributed by atoms with E-state index in [4.69, 9.17) is 0 Å². The number of amides is 2. The molecular weight excluding hydrogens is 329 g/mol. The predicted octanol–water partition coefficient (Wildman–Crippen LogP) is 3.26. The van der Waals surface area contributed by atoms with Gasteiger partial charge in [0.2, 0.25) is 11.8 Å². The number of thioether (sulfide) groups is 1. The summed E-state index contributed by atoms with van der Waals surface area (Å²) in [6, 6.07) is 3.01. The average Bonchev–Trinajstić information content (AvgIpc) is 2.96. The Morgan fingerprint density at radius 2 is 2.09 bits per heavy atom. The molecule has 0 spiro atoms. The van der Waals surface area contributed by atoms with Gasteiger partial charge in [-0.05, 0) is 24.6 Å². The van der Waals surface area contributed by atoms with E-state index in [2.05, 4.69) is 5.32 Å². The monoisotopic (exact) mass is 346 g/mol. The van der Waals surface area contributed by atoms with Crippen LogP contribution in [0.2, 0.25) is 0 Å². The van der Waals surface area contributed by atoms with Gasteiger partial charge in [-0.15, -0.1) is 11.8 Å². The van der Waals surface area contributed by atoms with Crippen LogP contribution in [0.1, 0.15) is 24.5 Å². The van der Waals surface area contributed by atoms with Crippen LogP contribution in [0.15, 0.2) is 18.2 Å². The zero-order valence-corrected chi connectivity index (χ0v) is 13.6. The molecule has 1 aromatic carbocycles. The van der Waals surface area contributed by atoms with E-state index in [9.17, 15) is 22.8 Å². The van der Waals surface area contributed by atoms with Crippen LogP contribution in [0.5, 0.6) is 0 Å². The van der Waals surface area contributed by atoms with Gasteiger partial charge in [0.05, 0.1) is 11.4 Å². The highest BCUT2D eigenvalue weighted by Crippen LogP contribution is 2.33. The third kappa shape index (κ3) is 3.99. The van der Waals surface area contributed by atoms with Crippen molar-refractivity contribution in [1.29, 1.82) is 0 Å². The summed E-state index contributed by atoms with van der Waals surface area (Å²) in [5, 5.41) is 2.49. The molecule has 1 saturated heterocycles. The second-order valence-electron chi connectivity index (χ2n) is 5.25. The highest BCUT2D eigenvalue weighted by atomic mass is 32.2. The molecule has 0 aliphatic carbocycles. The van der Waals surface area contributed by atoms with Gasteiger partial charge in [-0.3, -0.25) is 9.59 Å². The summed E-state index contributed by atoms with van der Waals surface area (Å²) in [4.78, 5) is 25.5. The van der Waals surface area contributed by atoms with E-state index in [1.807, 2.05) is 0 Å². The first-order valence-electron chi connectivity index (χ1n) is 7.10. The van der Waals surface area contributed by atoms with E-state index in [1.165, 1.54) is 35.7 Å². The number of nitrogens with one attached hydrogen (secondary N) is 1. The Balaban J connectivity index is 2.16. The van der Waals surface area contributed by atoms with Crippen LogP contribution < -0.4 is 5.32 Å². The third-order valence-electron chi connectivity index (χ3n) is 3.62. The van der Waals surface area contributed by atoms with Crippen LogP contribution >= 0.6 is 11.8 Å². The van der Waals surface area contributed by atoms with Gasteiger partial charge in [-0.2, -0.15) is 13.2 Å². The first-order valence-corrected chi connectivity index (χ1v) is 8.25. The molecule has 0 aromatic heterocycles. The van der Waals surface area contributed by atoms with Crippen molar-refractivity contribution in [2.24, 2.45) is 0 Å². The number of alkyl halides is 3. The molecule has 2 rings (SSSR count). The van der Waals surface area contributed by atoms with E-state index < -0.39 is 23.7 Å². The molecule has 126 valence electrons. The molecule has 2 amide bonds. The van der Waals surface area contributed by atoms with Crippen LogP contribution in [-0.4, -0.2) is 34.4 Å². The number of hydrogen-bond donors (Lipinski definition) is 1. The minimum absolute atomic E-state index is 0.0775. The van der Waals surface area contributed by atoms with Crippen molar-refractivity contribution in [3.05, 3.63) is 29.3 Å². The Morgan fingerprint density at radius 1 is 1.39 bits per heavy atom. The summed E-state index contributed by atoms with van der Waals surface area (Å²) >= 11 is 1.45. The first-order chi connectivity index (χ1) is 10.7. The van der Waals surface area contributed by atoms with Crippen LogP contribution in [-0.2, 0) is 15.8 Å². The molecule has 0 radical (unpaired) electrons. The zero-order chi connectivity index (χ0) is 17.2. The molecule has 1 unspecified atom stereocenters. The Morgan fingerprint density at radius 3 is 2.70 bits per heavy atom. The summed E-state index contributed by atoms with van der Waals surface area (Å²) in [6.45, 7) is 3.07. The van der Waals surface area contributed by atoms with E-state index in [0.29, 0.717) is 11.6 Å². The Bertz CT molecular complexity index is 619. The lowest BCUT2D eigenvalue weighted by atomic mass is 10.1. The van der Waals surface area contributed by atoms with E-state index in [1.54, 1.807) is 6.92 Å². The highest BCUT2D eigenvalue weighted by molar-refractivity contribution is 7.99. The molecule has 1 N–H and O–H groups in total. The summed E-state index contributed by atoms with van der Waals surface area (Å²) in [7, 11) is 0. The number of aryl methyl sites for hydroxylation is 1. The molecule has 8 heteroatoms. The predicted molar refractivity (Wildman–Crippen MR) is 83.1 cm³/mol. The van der Waals surface area contributed by atoms with E-state index in [-0.39, 0.29) is 23.6 Å². The lowest BCUT2D eigenvalue weighted by Gasteiger charge is -2.22. The fourth-order valence-corrected chi connectivity index (χ4v) is 3.52. The Kier molecular flexibility index (Phi) is 5.23. The van der Waals surface area contributed by atoms with Crippen molar-refractivity contribution in [3.8, 4) is 0 Å². The van der Waals surface area contributed by atoms with Crippen molar-refractivity contribution < 1.29 is 22.8 Å². The van der Waals surface area contributed by atoms with Crippen molar-refractivity contribution >= 4 is 29.3 Å². The second kappa shape index (κ2) is 6.82.